The number of halogens is 1. The zero-order valence-corrected chi connectivity index (χ0v) is 44.5. The van der Waals surface area contributed by atoms with Crippen molar-refractivity contribution in [2.45, 2.75) is 218 Å². The van der Waals surface area contributed by atoms with Crippen molar-refractivity contribution in [1.82, 2.24) is 4.98 Å². The summed E-state index contributed by atoms with van der Waals surface area (Å²) < 4.78 is 20.1. The largest absolute Gasteiger partial charge is 0.370 e. The second-order valence-electron chi connectivity index (χ2n) is 20.5. The number of allylic oxidation sites excluding steroid dienone is 4. The van der Waals surface area contributed by atoms with E-state index in [1.54, 1.807) is 12.2 Å². The van der Waals surface area contributed by atoms with E-state index in [-0.39, 0.29) is 35.5 Å². The predicted octanol–water partition coefficient (Wildman–Crippen LogP) is 17.0. The molecule has 1 aliphatic carbocycles. The van der Waals surface area contributed by atoms with Crippen LogP contribution >= 0.6 is 0 Å². The van der Waals surface area contributed by atoms with Gasteiger partial charge in [-0.1, -0.05) is 153 Å². The van der Waals surface area contributed by atoms with E-state index in [1.807, 2.05) is 46.9 Å². The first kappa shape index (κ1) is 58.2. The van der Waals surface area contributed by atoms with Crippen LogP contribution < -0.4 is 10.2 Å². The summed E-state index contributed by atoms with van der Waals surface area (Å²) in [4.78, 5) is 37.6. The highest BCUT2D eigenvalue weighted by Gasteiger charge is 2.53. The number of ether oxygens (including phenoxy) is 1. The first-order valence-electron chi connectivity index (χ1n) is 25.9. The maximum Gasteiger partial charge on any atom is 0.237 e. The van der Waals surface area contributed by atoms with Crippen LogP contribution in [0.15, 0.2) is 65.6 Å². The maximum absolute atomic E-state index is 14.7. The minimum Gasteiger partial charge on any atom is -0.370 e. The number of pyridine rings is 1. The molecule has 2 aliphatic heterocycles. The van der Waals surface area contributed by atoms with Crippen molar-refractivity contribution in [3.63, 3.8) is 0 Å². The minimum absolute atomic E-state index is 0.0938. The maximum atomic E-state index is 14.7. The molecular formula is C58H93FN4O3. The average Bonchev–Trinajstić information content (AvgIpc) is 3.50. The third kappa shape index (κ3) is 16.7. The molecule has 0 spiro atoms. The topological polar surface area (TPSA) is 83.9 Å². The van der Waals surface area contributed by atoms with E-state index in [0.29, 0.717) is 17.2 Å². The van der Waals surface area contributed by atoms with Crippen molar-refractivity contribution >= 4 is 35.1 Å². The molecule has 2 aromatic rings. The van der Waals surface area contributed by atoms with Gasteiger partial charge in [-0.05, 0) is 119 Å². The van der Waals surface area contributed by atoms with Crippen molar-refractivity contribution in [2.75, 3.05) is 16.8 Å². The number of rotatable bonds is 19. The fourth-order valence-electron chi connectivity index (χ4n) is 9.09. The van der Waals surface area contributed by atoms with Gasteiger partial charge >= 0.3 is 0 Å². The number of carbonyl (C=O) groups is 2. The number of carbonyl (C=O) groups excluding carboxylic acids is 2. The van der Waals surface area contributed by atoms with E-state index >= 15 is 0 Å². The standard InChI is InChI=1S/C37H49FN4O.C9H16O2.C8H18.C4H10/c1-8-14-26-21-28(22-26)42-34-23-27(16-17-29(34)37(18-10-3,19-11-4)36(42)43)33-24-32(39-20-12-5)25(7)35(41-33)40-31(15-9-2)30(38)13-6;1-7(2)9(10)8-5-3-4-6-11-8;1-5-7-8(3,4)6-2;1-4(2)3/h9,13,15-17,20,23-24,26,28H,6,8,10-12,14,18-19,21-22H2,1-5,7H3,(H,40,41);7-8H,3-6H2,1-2H3;5-7H2,1-4H3;4H,1-3H3/b15-9-,31-30-,39-20?;;;. The summed E-state index contributed by atoms with van der Waals surface area (Å²) in [7, 11) is 0. The van der Waals surface area contributed by atoms with Crippen molar-refractivity contribution in [2.24, 2.45) is 28.2 Å². The van der Waals surface area contributed by atoms with Crippen LogP contribution in [0.25, 0.3) is 11.3 Å². The number of aliphatic imine (C=N–C) groups is 1. The van der Waals surface area contributed by atoms with E-state index in [2.05, 4.69) is 104 Å². The molecule has 8 heteroatoms. The van der Waals surface area contributed by atoms with Gasteiger partial charge in [-0.15, -0.1) is 0 Å². The van der Waals surface area contributed by atoms with E-state index in [4.69, 9.17) is 14.7 Å². The van der Waals surface area contributed by atoms with E-state index in [1.165, 1.54) is 38.2 Å². The minimum atomic E-state index is -0.467. The van der Waals surface area contributed by atoms with E-state index in [0.717, 1.165) is 110 Å². The molecule has 5 rings (SSSR count). The van der Waals surface area contributed by atoms with E-state index in [9.17, 15) is 14.0 Å². The molecule has 0 bridgehead atoms. The fraction of sp³-hybridized carbons (Fsp3) is 0.655. The molecule has 1 atom stereocenters. The molecule has 1 N–H and O–H groups in total. The van der Waals surface area contributed by atoms with Gasteiger partial charge in [-0.2, -0.15) is 0 Å². The zero-order valence-electron chi connectivity index (χ0n) is 44.5. The molecule has 66 heavy (non-hydrogen) atoms. The quantitative estimate of drug-likeness (QED) is 0.112. The lowest BCUT2D eigenvalue weighted by Gasteiger charge is -2.42. The highest BCUT2D eigenvalue weighted by molar-refractivity contribution is 6.09. The van der Waals surface area contributed by atoms with Crippen LogP contribution in [0.1, 0.15) is 204 Å². The van der Waals surface area contributed by atoms with Crippen LogP contribution in [0.4, 0.5) is 21.6 Å². The molecular weight excluding hydrogens is 820 g/mol. The molecule has 3 heterocycles. The fourth-order valence-corrected chi connectivity index (χ4v) is 9.09. The van der Waals surface area contributed by atoms with Crippen molar-refractivity contribution in [3.8, 4) is 11.3 Å². The Labute approximate surface area is 403 Å². The molecule has 7 nitrogen and oxygen atoms in total. The van der Waals surface area contributed by atoms with Gasteiger partial charge in [-0.25, -0.2) is 9.37 Å². The average molecular weight is 913 g/mol. The summed E-state index contributed by atoms with van der Waals surface area (Å²) in [6, 6.07) is 8.66. The Balaban J connectivity index is 0.000000529. The van der Waals surface area contributed by atoms with Crippen LogP contribution in [0.5, 0.6) is 0 Å². The van der Waals surface area contributed by atoms with Crippen molar-refractivity contribution in [1.29, 1.82) is 0 Å². The van der Waals surface area contributed by atoms with Crippen LogP contribution in [0, 0.1) is 30.1 Å². The van der Waals surface area contributed by atoms with Gasteiger partial charge in [0.15, 0.2) is 5.78 Å². The molecule has 1 aromatic heterocycles. The Kier molecular flexibility index (Phi) is 25.7. The number of amides is 1. The molecule has 2 fully saturated rings. The second-order valence-corrected chi connectivity index (χ2v) is 20.5. The summed E-state index contributed by atoms with van der Waals surface area (Å²) in [6.07, 6.45) is 22.6. The number of benzene rings is 1. The van der Waals surface area contributed by atoms with Gasteiger partial charge in [0.25, 0.3) is 0 Å². The Morgan fingerprint density at radius 2 is 1.67 bits per heavy atom. The molecule has 1 amide bonds. The molecule has 1 unspecified atom stereocenters. The normalized spacial score (nSPS) is 19.3. The molecule has 3 aliphatic rings. The summed E-state index contributed by atoms with van der Waals surface area (Å²) in [6.45, 7) is 36.3. The van der Waals surface area contributed by atoms with Gasteiger partial charge in [0.1, 0.15) is 17.7 Å². The monoisotopic (exact) mass is 913 g/mol. The SMILES string of the molecule is C=C/C(F)=C(\C=C/C)Nc1nc(-c2ccc3c(c2)N(C2CC(CCC)C2)C(=O)C3(CCC)CCC)cc(N=CCC)c1C.CC(C)C.CC(C)C(=O)C1CCCCO1.CCCC(C)(C)CC. The third-order valence-corrected chi connectivity index (χ3v) is 13.0. The Morgan fingerprint density at radius 3 is 2.15 bits per heavy atom. The Hall–Kier alpha value is -3.91. The highest BCUT2D eigenvalue weighted by atomic mass is 19.1. The van der Waals surface area contributed by atoms with Gasteiger partial charge in [-0.3, -0.25) is 14.6 Å². The number of nitrogens with zero attached hydrogens (tertiary/aromatic N) is 3. The predicted molar refractivity (Wildman–Crippen MR) is 283 cm³/mol. The summed E-state index contributed by atoms with van der Waals surface area (Å²) in [5.41, 5.74) is 5.85. The zero-order chi connectivity index (χ0) is 49.6. The number of ketones is 1. The second kappa shape index (κ2) is 29.1. The van der Waals surface area contributed by atoms with Gasteiger partial charge in [0, 0.05) is 41.6 Å². The Bertz CT molecular complexity index is 1890. The molecule has 370 valence electrons. The van der Waals surface area contributed by atoms with Gasteiger partial charge < -0.3 is 15.0 Å². The number of anilines is 2. The lowest BCUT2D eigenvalue weighted by Crippen LogP contribution is -2.50. The number of fused-ring (bicyclic) bond motifs is 1. The van der Waals surface area contributed by atoms with Crippen molar-refractivity contribution in [3.05, 3.63) is 71.7 Å². The van der Waals surface area contributed by atoms with Crippen molar-refractivity contribution < 1.29 is 18.7 Å². The molecule has 1 saturated carbocycles. The van der Waals surface area contributed by atoms with E-state index < -0.39 is 11.2 Å². The van der Waals surface area contributed by atoms with Crippen LogP contribution in [-0.4, -0.2) is 41.6 Å². The molecule has 1 saturated heterocycles. The third-order valence-electron chi connectivity index (χ3n) is 13.0. The highest BCUT2D eigenvalue weighted by Crippen LogP contribution is 2.52. The Morgan fingerprint density at radius 1 is 1.02 bits per heavy atom. The number of Topliss-reactive ketones (excluding diaryl/α,β-unsaturated/α-hetero) is 1. The number of nitrogens with one attached hydrogen (secondary N) is 1. The number of aromatic nitrogens is 1. The smallest absolute Gasteiger partial charge is 0.237 e. The lowest BCUT2D eigenvalue weighted by atomic mass is 9.73. The summed E-state index contributed by atoms with van der Waals surface area (Å²) >= 11 is 0. The van der Waals surface area contributed by atoms with Crippen LogP contribution in [0.3, 0.4) is 0 Å². The summed E-state index contributed by atoms with van der Waals surface area (Å²) in [5, 5.41) is 3.19. The first-order valence-corrected chi connectivity index (χ1v) is 25.9. The van der Waals surface area contributed by atoms with Crippen LogP contribution in [0.2, 0.25) is 0 Å². The number of hydrogen-bond donors (Lipinski definition) is 1. The van der Waals surface area contributed by atoms with Gasteiger partial charge in [0.2, 0.25) is 5.91 Å². The van der Waals surface area contributed by atoms with Gasteiger partial charge in [0.05, 0.1) is 22.5 Å². The first-order chi connectivity index (χ1) is 31.3. The summed E-state index contributed by atoms with van der Waals surface area (Å²) in [5.74, 6) is 2.27. The molecule has 1 aromatic carbocycles. The lowest BCUT2D eigenvalue weighted by molar-refractivity contribution is -0.136. The van der Waals surface area contributed by atoms with Crippen LogP contribution in [-0.2, 0) is 19.7 Å². The molecule has 0 radical (unpaired) electrons. The number of hydrogen-bond acceptors (Lipinski definition) is 6.